The molecule has 20 nitrogen and oxygen atoms in total. The molecule has 8 rings (SSSR count). The van der Waals surface area contributed by atoms with Crippen LogP contribution in [0.1, 0.15) is 123 Å². The minimum absolute atomic E-state index is 0.0195. The van der Waals surface area contributed by atoms with Crippen LogP contribution in [0.25, 0.3) is 22.3 Å². The van der Waals surface area contributed by atoms with Crippen LogP contribution in [0.4, 0.5) is 4.39 Å². The fraction of sp³-hybridized carbons (Fsp3) is 0.466. The predicted molar refractivity (Wildman–Crippen MR) is 284 cm³/mol. The van der Waals surface area contributed by atoms with Crippen LogP contribution >= 0.6 is 0 Å². The van der Waals surface area contributed by atoms with Gasteiger partial charge in [-0.3, -0.25) is 53.0 Å². The number of amides is 5. The number of rotatable bonds is 28. The molecule has 0 saturated carbocycles. The molecule has 2 aromatic carbocycles. The number of aliphatic hydroxyl groups excluding tert-OH is 1. The highest BCUT2D eigenvalue weighted by atomic mass is 19.1. The van der Waals surface area contributed by atoms with E-state index in [1.807, 2.05) is 18.2 Å². The Morgan fingerprint density at radius 2 is 1.59 bits per heavy atom. The zero-order valence-corrected chi connectivity index (χ0v) is 44.5. The number of ether oxygens (including phenoxy) is 1. The molecule has 21 heteroatoms. The number of aromatic nitrogens is 2. The molecule has 5 N–H and O–H groups in total. The van der Waals surface area contributed by atoms with Crippen LogP contribution in [0.15, 0.2) is 59.4 Å². The van der Waals surface area contributed by atoms with Gasteiger partial charge in [0.2, 0.25) is 17.7 Å². The lowest BCUT2D eigenvalue weighted by Gasteiger charge is -2.31. The topological polar surface area (TPSA) is 281 Å². The van der Waals surface area contributed by atoms with Crippen LogP contribution in [0.2, 0.25) is 0 Å². The molecule has 5 amide bonds. The van der Waals surface area contributed by atoms with Crippen molar-refractivity contribution in [3.63, 3.8) is 0 Å². The van der Waals surface area contributed by atoms with E-state index in [1.165, 1.54) is 22.8 Å². The van der Waals surface area contributed by atoms with Crippen molar-refractivity contribution in [3.05, 3.63) is 110 Å². The second kappa shape index (κ2) is 25.4. The molecule has 1 aliphatic carbocycles. The molecular formula is C58H66FN7O13. The fourth-order valence-corrected chi connectivity index (χ4v) is 11.1. The lowest BCUT2D eigenvalue weighted by molar-refractivity contribution is -0.172. The summed E-state index contributed by atoms with van der Waals surface area (Å²) in [5, 5.41) is 30.4. The minimum Gasteiger partial charge on any atom is -0.458 e. The van der Waals surface area contributed by atoms with E-state index >= 15 is 4.39 Å². The summed E-state index contributed by atoms with van der Waals surface area (Å²) in [6.07, 6.45) is 5.30. The first-order valence-corrected chi connectivity index (χ1v) is 27.0. The van der Waals surface area contributed by atoms with Gasteiger partial charge in [-0.2, -0.15) is 0 Å². The summed E-state index contributed by atoms with van der Waals surface area (Å²) in [5.41, 5.74) is 2.14. The van der Waals surface area contributed by atoms with Crippen LogP contribution < -0.4 is 21.5 Å². The molecule has 418 valence electrons. The number of nitrogens with one attached hydrogen (secondary N) is 3. The zero-order valence-electron chi connectivity index (χ0n) is 44.5. The number of aliphatic hydroxyl groups is 2. The maximum atomic E-state index is 15.5. The van der Waals surface area contributed by atoms with Crippen LogP contribution in [0.5, 0.6) is 0 Å². The van der Waals surface area contributed by atoms with E-state index in [9.17, 15) is 58.2 Å². The number of nitrogens with zero attached hydrogens (tertiary/aromatic N) is 4. The summed E-state index contributed by atoms with van der Waals surface area (Å²) in [6, 6.07) is 11.4. The molecule has 0 fully saturated rings. The molecule has 0 bridgehead atoms. The molecule has 0 unspecified atom stereocenters. The minimum atomic E-state index is -2.05. The molecule has 0 saturated heterocycles. The number of fused-ring (bicyclic) bond motifs is 5. The van der Waals surface area contributed by atoms with Gasteiger partial charge in [-0.25, -0.2) is 14.2 Å². The number of halogens is 1. The summed E-state index contributed by atoms with van der Waals surface area (Å²) in [4.78, 5) is 137. The quantitative estimate of drug-likeness (QED) is 0.0273. The number of carbonyl (C=O) groups is 9. The number of imide groups is 1. The zero-order chi connectivity index (χ0) is 56.5. The van der Waals surface area contributed by atoms with Gasteiger partial charge in [-0.05, 0) is 86.7 Å². The Balaban J connectivity index is 0.822. The molecule has 3 aliphatic heterocycles. The largest absolute Gasteiger partial charge is 0.458 e. The van der Waals surface area contributed by atoms with Crippen molar-refractivity contribution < 1.29 is 62.5 Å². The number of Topliss-reactive ketones (excluding diaryl/α,β-unsaturated/α-hetero) is 3. The Hall–Kier alpha value is -7.62. The van der Waals surface area contributed by atoms with Gasteiger partial charge in [0.1, 0.15) is 18.2 Å². The standard InChI is InChI=1S/C58H66FN7O13/c1-3-58(78)43-27-47-54-41(31-66(47)56(76)42(43)33-79-57(58)77)53-45(17-16-40-34(2)44(59)28-46(63-54)52(40)53)62-49(72)32-64(23-24-67)21-10-14-38(69)29-61-55(75)36(25-35-11-6-4-7-12-35)26-39(70)30-60-48(71)18-15-37(68)13-8-5-9-22-65-50(73)19-20-51(65)74/h4,6-7,11-12,19-20,27-28,36,45,67,78H,3,5,8-10,13-18,21-26,29-33H2,1-2H3,(H,60,71)(H,61,75)(H,62,72)/t36-,45+,58+/m1/s1. The Morgan fingerprint density at radius 1 is 0.861 bits per heavy atom. The lowest BCUT2D eigenvalue weighted by Crippen LogP contribution is -2.44. The number of aryl methyl sites for hydroxylation is 1. The van der Waals surface area contributed by atoms with E-state index in [1.54, 1.807) is 36.9 Å². The SMILES string of the molecule is CC[C@@]1(O)C(=O)OCc2c1cc1n(c2=O)Cc2c-1nc1cc(F)c(C)c3c1c2[C@@H](NC(=O)CN(CCO)CCCC(=O)CNC(=O)[C@@H](CC(=O)CNC(=O)CCC(=O)CCCCCN1C(=O)C=CC1=O)Cc1ccccc1)CC3. The maximum Gasteiger partial charge on any atom is 0.343 e. The summed E-state index contributed by atoms with van der Waals surface area (Å²) in [5.74, 6) is -5.14. The highest BCUT2D eigenvalue weighted by Gasteiger charge is 2.46. The Bertz CT molecular complexity index is 3180. The van der Waals surface area contributed by atoms with Crippen molar-refractivity contribution in [2.24, 2.45) is 5.92 Å². The number of esters is 1. The van der Waals surface area contributed by atoms with Crippen molar-refractivity contribution in [3.8, 4) is 11.4 Å². The van der Waals surface area contributed by atoms with Gasteiger partial charge in [0.05, 0.1) is 61.3 Å². The summed E-state index contributed by atoms with van der Waals surface area (Å²) in [7, 11) is 0. The highest BCUT2D eigenvalue weighted by molar-refractivity contribution is 6.12. The van der Waals surface area contributed by atoms with Gasteiger partial charge >= 0.3 is 5.97 Å². The van der Waals surface area contributed by atoms with Gasteiger partial charge in [0.15, 0.2) is 17.2 Å². The van der Waals surface area contributed by atoms with Crippen molar-refractivity contribution >= 4 is 63.8 Å². The first-order valence-electron chi connectivity index (χ1n) is 27.0. The fourth-order valence-electron chi connectivity index (χ4n) is 11.1. The third kappa shape index (κ3) is 13.1. The van der Waals surface area contributed by atoms with Gasteiger partial charge in [0.25, 0.3) is 17.4 Å². The molecule has 4 aliphatic rings. The second-order valence-corrected chi connectivity index (χ2v) is 20.7. The highest BCUT2D eigenvalue weighted by Crippen LogP contribution is 2.46. The molecule has 0 spiro atoms. The third-order valence-corrected chi connectivity index (χ3v) is 15.4. The van der Waals surface area contributed by atoms with Crippen LogP contribution in [-0.2, 0) is 79.5 Å². The number of hydrogen-bond donors (Lipinski definition) is 5. The van der Waals surface area contributed by atoms with Gasteiger partial charge in [0, 0.05) is 85.8 Å². The smallest absolute Gasteiger partial charge is 0.343 e. The van der Waals surface area contributed by atoms with Gasteiger partial charge < -0.3 is 35.5 Å². The van der Waals surface area contributed by atoms with E-state index < -0.39 is 52.5 Å². The van der Waals surface area contributed by atoms with Crippen molar-refractivity contribution in [2.75, 3.05) is 45.9 Å². The first-order chi connectivity index (χ1) is 37.9. The van der Waals surface area contributed by atoms with E-state index in [2.05, 4.69) is 16.0 Å². The molecule has 3 atom stereocenters. The predicted octanol–water partition coefficient (Wildman–Crippen LogP) is 3.16. The summed E-state index contributed by atoms with van der Waals surface area (Å²) in [6.45, 7) is 2.58. The number of carbonyl (C=O) groups excluding carboxylic acids is 9. The van der Waals surface area contributed by atoms with Crippen LogP contribution in [-0.4, -0.2) is 128 Å². The van der Waals surface area contributed by atoms with Crippen molar-refractivity contribution in [2.45, 2.75) is 122 Å². The van der Waals surface area contributed by atoms with Crippen LogP contribution in [0, 0.1) is 18.7 Å². The molecule has 0 radical (unpaired) electrons. The average molecular weight is 1090 g/mol. The molecule has 4 aromatic rings. The molecule has 79 heavy (non-hydrogen) atoms. The molecule has 2 aromatic heterocycles. The number of cyclic esters (lactones) is 1. The summed E-state index contributed by atoms with van der Waals surface area (Å²) >= 11 is 0. The Morgan fingerprint density at radius 3 is 2.33 bits per heavy atom. The van der Waals surface area contributed by atoms with Gasteiger partial charge in [-0.1, -0.05) is 43.7 Å². The average Bonchev–Trinajstić information content (AvgIpc) is 4.18. The number of ketones is 3. The molecule has 5 heterocycles. The number of pyridine rings is 2. The normalized spacial score (nSPS) is 17.3. The van der Waals surface area contributed by atoms with E-state index in [4.69, 9.17) is 9.72 Å². The van der Waals surface area contributed by atoms with E-state index in [0.29, 0.717) is 71.1 Å². The number of hydrogen-bond acceptors (Lipinski definition) is 15. The number of unbranched alkanes of at least 4 members (excludes halogenated alkanes) is 2. The van der Waals surface area contributed by atoms with E-state index in [-0.39, 0.29) is 151 Å². The molecular weight excluding hydrogens is 1020 g/mol. The lowest BCUT2D eigenvalue weighted by atomic mass is 9.81. The Labute approximate surface area is 455 Å². The van der Waals surface area contributed by atoms with Crippen molar-refractivity contribution in [1.29, 1.82) is 0 Å². The van der Waals surface area contributed by atoms with Gasteiger partial charge in [-0.15, -0.1) is 0 Å². The van der Waals surface area contributed by atoms with E-state index in [0.717, 1.165) is 16.0 Å². The third-order valence-electron chi connectivity index (χ3n) is 15.4. The maximum absolute atomic E-state index is 15.5. The second-order valence-electron chi connectivity index (χ2n) is 20.7. The van der Waals surface area contributed by atoms with Crippen molar-refractivity contribution in [1.82, 2.24) is 35.3 Å². The monoisotopic (exact) mass is 1090 g/mol. The number of benzene rings is 2. The Kier molecular flexibility index (Phi) is 18.5. The van der Waals surface area contributed by atoms with Crippen LogP contribution in [0.3, 0.4) is 0 Å². The first kappa shape index (κ1) is 57.6. The summed E-state index contributed by atoms with van der Waals surface area (Å²) < 4.78 is 22.2.